The van der Waals surface area contributed by atoms with Crippen molar-refractivity contribution >= 4 is 44.4 Å². The van der Waals surface area contributed by atoms with Crippen molar-refractivity contribution in [3.05, 3.63) is 53.5 Å². The molecule has 0 atom stereocenters. The van der Waals surface area contributed by atoms with Crippen LogP contribution in [-0.2, 0) is 6.54 Å². The molecule has 2 aromatic carbocycles. The maximum Gasteiger partial charge on any atom is 0.286 e. The number of anilines is 1. The average Bonchev–Trinajstić information content (AvgIpc) is 3.44. The first-order valence-electron chi connectivity index (χ1n) is 9.62. The van der Waals surface area contributed by atoms with Crippen LogP contribution in [0.15, 0.2) is 48.5 Å². The van der Waals surface area contributed by atoms with Crippen LogP contribution < -0.4 is 5.32 Å². The van der Waals surface area contributed by atoms with E-state index in [2.05, 4.69) is 30.8 Å². The number of imidazole rings is 1. The molecule has 142 valence electrons. The SMILES string of the molecule is O=C(Nc1nc2ccccc2n1CCN1CCCC1)c1nc2ccccc2s1. The maximum atomic E-state index is 12.8. The van der Waals surface area contributed by atoms with Gasteiger partial charge in [-0.25, -0.2) is 9.97 Å². The van der Waals surface area contributed by atoms with E-state index in [1.165, 1.54) is 24.2 Å². The molecule has 1 saturated heterocycles. The van der Waals surface area contributed by atoms with Gasteiger partial charge in [-0.3, -0.25) is 10.1 Å². The predicted molar refractivity (Wildman–Crippen MR) is 113 cm³/mol. The first kappa shape index (κ1) is 17.3. The Hall–Kier alpha value is -2.77. The molecule has 4 aromatic rings. The van der Waals surface area contributed by atoms with Gasteiger partial charge in [0.25, 0.3) is 5.91 Å². The highest BCUT2D eigenvalue weighted by Crippen LogP contribution is 2.24. The van der Waals surface area contributed by atoms with E-state index in [-0.39, 0.29) is 5.91 Å². The zero-order chi connectivity index (χ0) is 18.9. The largest absolute Gasteiger partial charge is 0.309 e. The van der Waals surface area contributed by atoms with Crippen LogP contribution >= 0.6 is 11.3 Å². The highest BCUT2D eigenvalue weighted by atomic mass is 32.1. The number of fused-ring (bicyclic) bond motifs is 2. The quantitative estimate of drug-likeness (QED) is 0.559. The molecule has 0 bridgehead atoms. The van der Waals surface area contributed by atoms with Crippen molar-refractivity contribution in [2.75, 3.05) is 25.0 Å². The zero-order valence-corrected chi connectivity index (χ0v) is 16.3. The fraction of sp³-hybridized carbons (Fsp3) is 0.286. The number of amides is 1. The number of hydrogen-bond acceptors (Lipinski definition) is 5. The molecule has 1 aliphatic heterocycles. The summed E-state index contributed by atoms with van der Waals surface area (Å²) in [7, 11) is 0. The van der Waals surface area contributed by atoms with Gasteiger partial charge in [-0.2, -0.15) is 0 Å². The first-order valence-corrected chi connectivity index (χ1v) is 10.4. The van der Waals surface area contributed by atoms with Gasteiger partial charge in [0.1, 0.15) is 0 Å². The predicted octanol–water partition coefficient (Wildman–Crippen LogP) is 3.99. The highest BCUT2D eigenvalue weighted by Gasteiger charge is 2.18. The van der Waals surface area contributed by atoms with Crippen molar-refractivity contribution < 1.29 is 4.79 Å². The highest BCUT2D eigenvalue weighted by molar-refractivity contribution is 7.20. The molecular formula is C21H21N5OS. The number of rotatable bonds is 5. The van der Waals surface area contributed by atoms with E-state index in [0.29, 0.717) is 11.0 Å². The second-order valence-corrected chi connectivity index (χ2v) is 8.10. The van der Waals surface area contributed by atoms with E-state index in [0.717, 1.165) is 47.4 Å². The van der Waals surface area contributed by atoms with E-state index >= 15 is 0 Å². The van der Waals surface area contributed by atoms with E-state index < -0.39 is 0 Å². The van der Waals surface area contributed by atoms with E-state index in [9.17, 15) is 4.79 Å². The number of hydrogen-bond donors (Lipinski definition) is 1. The Morgan fingerprint density at radius 3 is 2.54 bits per heavy atom. The first-order chi connectivity index (χ1) is 13.8. The minimum atomic E-state index is -0.209. The third-order valence-electron chi connectivity index (χ3n) is 5.21. The summed E-state index contributed by atoms with van der Waals surface area (Å²) >= 11 is 1.40. The Bertz CT molecular complexity index is 1110. The summed E-state index contributed by atoms with van der Waals surface area (Å²) in [4.78, 5) is 24.4. The molecule has 0 saturated carbocycles. The molecule has 0 spiro atoms. The molecule has 1 N–H and O–H groups in total. The van der Waals surface area contributed by atoms with Crippen LogP contribution in [0.1, 0.15) is 22.6 Å². The normalized spacial score (nSPS) is 14.9. The number of benzene rings is 2. The number of carbonyl (C=O) groups is 1. The fourth-order valence-electron chi connectivity index (χ4n) is 3.77. The Morgan fingerprint density at radius 2 is 1.71 bits per heavy atom. The van der Waals surface area contributed by atoms with Gasteiger partial charge < -0.3 is 9.47 Å². The van der Waals surface area contributed by atoms with Gasteiger partial charge in [-0.1, -0.05) is 24.3 Å². The fourth-order valence-corrected chi connectivity index (χ4v) is 4.63. The standard InChI is InChI=1S/C21H21N5OS/c27-19(20-22-16-8-2-4-10-18(16)28-20)24-21-23-15-7-1-3-9-17(15)26(21)14-13-25-11-5-6-12-25/h1-4,7-10H,5-6,11-14H2,(H,23,24,27). The third-order valence-corrected chi connectivity index (χ3v) is 6.24. The molecule has 0 radical (unpaired) electrons. The van der Waals surface area contributed by atoms with Crippen LogP contribution in [0.2, 0.25) is 0 Å². The lowest BCUT2D eigenvalue weighted by molar-refractivity contribution is 0.102. The number of likely N-dealkylation sites (tertiary alicyclic amines) is 1. The number of para-hydroxylation sites is 3. The Balaban J connectivity index is 1.43. The van der Waals surface area contributed by atoms with E-state index in [1.54, 1.807) is 0 Å². The summed E-state index contributed by atoms with van der Waals surface area (Å²) in [5.74, 6) is 0.378. The average molecular weight is 392 g/mol. The van der Waals surface area contributed by atoms with Gasteiger partial charge in [0.2, 0.25) is 5.95 Å². The monoisotopic (exact) mass is 391 g/mol. The molecular weight excluding hydrogens is 370 g/mol. The van der Waals surface area contributed by atoms with Crippen LogP contribution in [0.25, 0.3) is 21.3 Å². The minimum Gasteiger partial charge on any atom is -0.309 e. The van der Waals surface area contributed by atoms with E-state index in [4.69, 9.17) is 0 Å². The smallest absolute Gasteiger partial charge is 0.286 e. The lowest BCUT2D eigenvalue weighted by Gasteiger charge is -2.16. The number of nitrogens with zero attached hydrogens (tertiary/aromatic N) is 4. The second-order valence-electron chi connectivity index (χ2n) is 7.07. The topological polar surface area (TPSA) is 63.1 Å². The van der Waals surface area contributed by atoms with E-state index in [1.807, 2.05) is 42.5 Å². The van der Waals surface area contributed by atoms with Crippen LogP contribution in [0, 0.1) is 0 Å². The lowest BCUT2D eigenvalue weighted by atomic mass is 10.3. The molecule has 2 aromatic heterocycles. The van der Waals surface area contributed by atoms with Crippen LogP contribution in [0.3, 0.4) is 0 Å². The number of thiazole rings is 1. The molecule has 7 heteroatoms. The zero-order valence-electron chi connectivity index (χ0n) is 15.5. The maximum absolute atomic E-state index is 12.8. The summed E-state index contributed by atoms with van der Waals surface area (Å²) in [6.07, 6.45) is 2.54. The van der Waals surface area contributed by atoms with Gasteiger partial charge in [-0.05, 0) is 50.2 Å². The van der Waals surface area contributed by atoms with Crippen molar-refractivity contribution in [3.8, 4) is 0 Å². The Kier molecular flexibility index (Phi) is 4.54. The summed E-state index contributed by atoms with van der Waals surface area (Å²) < 4.78 is 3.12. The van der Waals surface area contributed by atoms with Crippen LogP contribution in [-0.4, -0.2) is 45.0 Å². The second kappa shape index (κ2) is 7.33. The summed E-state index contributed by atoms with van der Waals surface area (Å²) in [6.45, 7) is 4.07. The van der Waals surface area contributed by atoms with Gasteiger partial charge in [-0.15, -0.1) is 11.3 Å². The molecule has 28 heavy (non-hydrogen) atoms. The van der Waals surface area contributed by atoms with Gasteiger partial charge in [0.15, 0.2) is 5.01 Å². The summed E-state index contributed by atoms with van der Waals surface area (Å²) in [5.41, 5.74) is 2.78. The lowest BCUT2D eigenvalue weighted by Crippen LogP contribution is -2.25. The van der Waals surface area contributed by atoms with Crippen molar-refractivity contribution in [1.29, 1.82) is 0 Å². The number of nitrogens with one attached hydrogen (secondary N) is 1. The van der Waals surface area contributed by atoms with Crippen molar-refractivity contribution in [2.24, 2.45) is 0 Å². The molecule has 3 heterocycles. The van der Waals surface area contributed by atoms with Crippen molar-refractivity contribution in [2.45, 2.75) is 19.4 Å². The molecule has 6 nitrogen and oxygen atoms in total. The molecule has 1 fully saturated rings. The van der Waals surface area contributed by atoms with Gasteiger partial charge in [0, 0.05) is 13.1 Å². The molecule has 0 aliphatic carbocycles. The molecule has 1 aliphatic rings. The van der Waals surface area contributed by atoms with Gasteiger partial charge >= 0.3 is 0 Å². The Morgan fingerprint density at radius 1 is 0.964 bits per heavy atom. The van der Waals surface area contributed by atoms with Crippen LogP contribution in [0.4, 0.5) is 5.95 Å². The third kappa shape index (κ3) is 3.27. The van der Waals surface area contributed by atoms with Crippen molar-refractivity contribution in [1.82, 2.24) is 19.4 Å². The van der Waals surface area contributed by atoms with Crippen molar-refractivity contribution in [3.63, 3.8) is 0 Å². The molecule has 0 unspecified atom stereocenters. The number of aromatic nitrogens is 3. The minimum absolute atomic E-state index is 0.209. The Labute approximate surface area is 166 Å². The molecule has 1 amide bonds. The molecule has 5 rings (SSSR count). The number of carbonyl (C=O) groups excluding carboxylic acids is 1. The van der Waals surface area contributed by atoms with Crippen LogP contribution in [0.5, 0.6) is 0 Å². The summed E-state index contributed by atoms with van der Waals surface area (Å²) in [5, 5.41) is 3.45. The summed E-state index contributed by atoms with van der Waals surface area (Å²) in [6, 6.07) is 15.8. The van der Waals surface area contributed by atoms with Gasteiger partial charge in [0.05, 0.1) is 21.3 Å².